The van der Waals surface area contributed by atoms with Crippen LogP contribution in [0, 0.1) is 0 Å². The Balaban J connectivity index is 1.88. The SMILES string of the molecule is CCCCC/C=C\C/C=C\CCCCCCCCOC(=O)[C@@H]1C[C@@H](NC(=O)CC)CN1. The lowest BCUT2D eigenvalue weighted by Gasteiger charge is -2.11. The molecule has 1 aliphatic heterocycles. The Labute approximate surface area is 190 Å². The molecule has 0 aromatic rings. The van der Waals surface area contributed by atoms with Gasteiger partial charge in [0, 0.05) is 19.0 Å². The molecule has 0 aromatic carbocycles. The molecule has 5 nitrogen and oxygen atoms in total. The summed E-state index contributed by atoms with van der Waals surface area (Å²) in [4.78, 5) is 23.5. The second kappa shape index (κ2) is 19.1. The van der Waals surface area contributed by atoms with Crippen LogP contribution in [0.1, 0.15) is 104 Å². The third-order valence-electron chi connectivity index (χ3n) is 5.69. The minimum absolute atomic E-state index is 0.0298. The van der Waals surface area contributed by atoms with E-state index in [0.29, 0.717) is 26.0 Å². The van der Waals surface area contributed by atoms with Crippen molar-refractivity contribution in [2.75, 3.05) is 13.2 Å². The zero-order valence-corrected chi connectivity index (χ0v) is 20.0. The maximum absolute atomic E-state index is 12.1. The van der Waals surface area contributed by atoms with Crippen LogP contribution in [0.25, 0.3) is 0 Å². The van der Waals surface area contributed by atoms with E-state index in [1.54, 1.807) is 0 Å². The Hall–Kier alpha value is -1.62. The van der Waals surface area contributed by atoms with Gasteiger partial charge in [-0.3, -0.25) is 9.59 Å². The number of amides is 1. The molecular weight excluding hydrogens is 388 g/mol. The van der Waals surface area contributed by atoms with Crippen molar-refractivity contribution in [3.05, 3.63) is 24.3 Å². The fourth-order valence-corrected chi connectivity index (χ4v) is 3.72. The monoisotopic (exact) mass is 434 g/mol. The number of carbonyl (C=O) groups is 2. The van der Waals surface area contributed by atoms with E-state index in [1.165, 1.54) is 57.8 Å². The number of ether oxygens (including phenoxy) is 1. The van der Waals surface area contributed by atoms with Crippen molar-refractivity contribution in [2.45, 2.75) is 116 Å². The maximum atomic E-state index is 12.1. The van der Waals surface area contributed by atoms with E-state index in [-0.39, 0.29) is 24.0 Å². The number of carbonyl (C=O) groups excluding carboxylic acids is 2. The van der Waals surface area contributed by atoms with E-state index in [2.05, 4.69) is 41.9 Å². The van der Waals surface area contributed by atoms with Gasteiger partial charge >= 0.3 is 5.97 Å². The van der Waals surface area contributed by atoms with Crippen LogP contribution in [0.5, 0.6) is 0 Å². The number of unbranched alkanes of at least 4 members (excludes halogenated alkanes) is 9. The molecule has 0 aliphatic carbocycles. The summed E-state index contributed by atoms with van der Waals surface area (Å²) in [5.41, 5.74) is 0. The molecule has 1 aliphatic rings. The topological polar surface area (TPSA) is 67.4 Å². The summed E-state index contributed by atoms with van der Waals surface area (Å²) in [6.07, 6.45) is 24.7. The number of rotatable bonds is 18. The number of allylic oxidation sites excluding steroid dienone is 4. The molecule has 1 rings (SSSR count). The zero-order chi connectivity index (χ0) is 22.6. The molecule has 1 saturated heterocycles. The van der Waals surface area contributed by atoms with Gasteiger partial charge in [-0.25, -0.2) is 0 Å². The first-order valence-corrected chi connectivity index (χ1v) is 12.7. The first-order chi connectivity index (χ1) is 15.2. The standard InChI is InChI=1S/C26H46N2O3/c1-3-5-6-7-8-9-10-11-12-13-14-15-16-17-18-19-20-31-26(30)24-21-23(22-27-24)28-25(29)4-2/h8-9,11-12,23-24,27H,3-7,10,13-22H2,1-2H3,(H,28,29)/b9-8-,12-11-/t23-,24+/m1/s1. The highest BCUT2D eigenvalue weighted by Gasteiger charge is 2.30. The molecule has 0 bridgehead atoms. The molecule has 0 saturated carbocycles. The zero-order valence-electron chi connectivity index (χ0n) is 20.0. The minimum atomic E-state index is -0.285. The van der Waals surface area contributed by atoms with Crippen molar-refractivity contribution in [1.82, 2.24) is 10.6 Å². The quantitative estimate of drug-likeness (QED) is 0.167. The normalized spacial score (nSPS) is 18.8. The summed E-state index contributed by atoms with van der Waals surface area (Å²) in [5.74, 6) is -0.155. The average molecular weight is 435 g/mol. The van der Waals surface area contributed by atoms with Gasteiger partial charge in [-0.05, 0) is 44.9 Å². The first kappa shape index (κ1) is 27.4. The van der Waals surface area contributed by atoms with Gasteiger partial charge in [-0.15, -0.1) is 0 Å². The second-order valence-electron chi connectivity index (χ2n) is 8.57. The van der Waals surface area contributed by atoms with Crippen LogP contribution in [0.3, 0.4) is 0 Å². The summed E-state index contributed by atoms with van der Waals surface area (Å²) in [6, 6.07) is -0.251. The van der Waals surface area contributed by atoms with Gasteiger partial charge in [0.2, 0.25) is 5.91 Å². The Kier molecular flexibility index (Phi) is 16.9. The van der Waals surface area contributed by atoms with Crippen molar-refractivity contribution >= 4 is 11.9 Å². The van der Waals surface area contributed by atoms with Crippen molar-refractivity contribution in [2.24, 2.45) is 0 Å². The largest absolute Gasteiger partial charge is 0.465 e. The Bertz CT molecular complexity index is 531. The molecule has 178 valence electrons. The predicted octanol–water partition coefficient (Wildman–Crippen LogP) is 5.60. The highest BCUT2D eigenvalue weighted by atomic mass is 16.5. The predicted molar refractivity (Wildman–Crippen MR) is 129 cm³/mol. The van der Waals surface area contributed by atoms with E-state index in [1.807, 2.05) is 6.92 Å². The lowest BCUT2D eigenvalue weighted by molar-refractivity contribution is -0.146. The summed E-state index contributed by atoms with van der Waals surface area (Å²) >= 11 is 0. The fraction of sp³-hybridized carbons (Fsp3) is 0.769. The fourth-order valence-electron chi connectivity index (χ4n) is 3.72. The minimum Gasteiger partial charge on any atom is -0.465 e. The van der Waals surface area contributed by atoms with Crippen LogP contribution >= 0.6 is 0 Å². The van der Waals surface area contributed by atoms with Crippen molar-refractivity contribution in [3.63, 3.8) is 0 Å². The summed E-state index contributed by atoms with van der Waals surface area (Å²) in [5, 5.41) is 6.07. The van der Waals surface area contributed by atoms with Crippen molar-refractivity contribution in [1.29, 1.82) is 0 Å². The summed E-state index contributed by atoms with van der Waals surface area (Å²) in [7, 11) is 0. The molecule has 1 fully saturated rings. The molecule has 2 N–H and O–H groups in total. The van der Waals surface area contributed by atoms with Gasteiger partial charge < -0.3 is 15.4 Å². The van der Waals surface area contributed by atoms with E-state index >= 15 is 0 Å². The van der Waals surface area contributed by atoms with Gasteiger partial charge in [0.25, 0.3) is 0 Å². The highest BCUT2D eigenvalue weighted by Crippen LogP contribution is 2.11. The van der Waals surface area contributed by atoms with Gasteiger partial charge in [0.05, 0.1) is 6.61 Å². The molecule has 0 spiro atoms. The molecule has 2 atom stereocenters. The highest BCUT2D eigenvalue weighted by molar-refractivity contribution is 5.78. The molecule has 0 unspecified atom stereocenters. The first-order valence-electron chi connectivity index (χ1n) is 12.7. The number of hydrogen-bond donors (Lipinski definition) is 2. The Morgan fingerprint density at radius 2 is 1.55 bits per heavy atom. The van der Waals surface area contributed by atoms with Gasteiger partial charge in [0.15, 0.2) is 0 Å². The van der Waals surface area contributed by atoms with Crippen LogP contribution in [0.4, 0.5) is 0 Å². The molecule has 1 amide bonds. The van der Waals surface area contributed by atoms with Gasteiger partial charge in [-0.2, -0.15) is 0 Å². The second-order valence-corrected chi connectivity index (χ2v) is 8.57. The van der Waals surface area contributed by atoms with Gasteiger partial charge in [0.1, 0.15) is 6.04 Å². The molecule has 5 heteroatoms. The number of esters is 1. The van der Waals surface area contributed by atoms with Crippen molar-refractivity contribution in [3.8, 4) is 0 Å². The lowest BCUT2D eigenvalue weighted by atomic mass is 10.1. The molecule has 31 heavy (non-hydrogen) atoms. The van der Waals surface area contributed by atoms with E-state index < -0.39 is 0 Å². The molecular formula is C26H46N2O3. The van der Waals surface area contributed by atoms with Crippen LogP contribution in [-0.4, -0.2) is 37.1 Å². The van der Waals surface area contributed by atoms with Crippen LogP contribution < -0.4 is 10.6 Å². The summed E-state index contributed by atoms with van der Waals surface area (Å²) < 4.78 is 5.40. The van der Waals surface area contributed by atoms with Gasteiger partial charge in [-0.1, -0.05) is 76.7 Å². The third-order valence-corrected chi connectivity index (χ3v) is 5.69. The number of nitrogens with one attached hydrogen (secondary N) is 2. The van der Waals surface area contributed by atoms with E-state index in [9.17, 15) is 9.59 Å². The number of hydrogen-bond acceptors (Lipinski definition) is 4. The lowest BCUT2D eigenvalue weighted by Crippen LogP contribution is -2.35. The Morgan fingerprint density at radius 1 is 0.903 bits per heavy atom. The van der Waals surface area contributed by atoms with Crippen LogP contribution in [-0.2, 0) is 14.3 Å². The maximum Gasteiger partial charge on any atom is 0.323 e. The third kappa shape index (κ3) is 14.9. The summed E-state index contributed by atoms with van der Waals surface area (Å²) in [6.45, 7) is 5.21. The smallest absolute Gasteiger partial charge is 0.323 e. The van der Waals surface area contributed by atoms with E-state index in [0.717, 1.165) is 19.3 Å². The average Bonchev–Trinajstić information content (AvgIpc) is 3.24. The van der Waals surface area contributed by atoms with E-state index in [4.69, 9.17) is 4.74 Å². The van der Waals surface area contributed by atoms with Crippen LogP contribution in [0.15, 0.2) is 24.3 Å². The molecule has 1 heterocycles. The van der Waals surface area contributed by atoms with Crippen LogP contribution in [0.2, 0.25) is 0 Å². The molecule has 0 aromatic heterocycles. The van der Waals surface area contributed by atoms with Crippen molar-refractivity contribution < 1.29 is 14.3 Å². The Morgan fingerprint density at radius 3 is 2.23 bits per heavy atom. The molecule has 0 radical (unpaired) electrons.